The number of nitrogens with two attached hydrogens (primary N) is 1. The molecule has 14 amide bonds. The smallest absolute Gasteiger partial charge is 0.328 e. The van der Waals surface area contributed by atoms with Gasteiger partial charge in [0, 0.05) is 57.1 Å². The van der Waals surface area contributed by atoms with E-state index in [4.69, 9.17) is 5.73 Å². The summed E-state index contributed by atoms with van der Waals surface area (Å²) in [5.41, 5.74) is 7.92. The van der Waals surface area contributed by atoms with Crippen molar-refractivity contribution in [3.8, 4) is 0 Å². The normalized spacial score (nSPS) is 16.9. The molecule has 1 aromatic heterocycles. The topological polar surface area (TPSA) is 603 Å². The number of aliphatic hydroxyl groups is 6. The van der Waals surface area contributed by atoms with Crippen molar-refractivity contribution >= 4 is 88.7 Å². The van der Waals surface area contributed by atoms with Crippen molar-refractivity contribution < 1.29 is 108 Å². The van der Waals surface area contributed by atoms with Crippen LogP contribution in [0.2, 0.25) is 0 Å². The number of aromatic amines is 1. The lowest BCUT2D eigenvalue weighted by Gasteiger charge is -2.30. The van der Waals surface area contributed by atoms with Gasteiger partial charge in [-0.3, -0.25) is 67.1 Å². The van der Waals surface area contributed by atoms with Crippen molar-refractivity contribution in [1.82, 2.24) is 83.6 Å². The van der Waals surface area contributed by atoms with Gasteiger partial charge in [-0.2, -0.15) is 0 Å². The molecule has 2 aliphatic rings. The van der Waals surface area contributed by atoms with Gasteiger partial charge in [-0.15, -0.1) is 0 Å². The fraction of sp³-hybridized carbons (Fsp3) is 0.440. The molecule has 2 fully saturated rings. The Labute approximate surface area is 653 Å². The van der Waals surface area contributed by atoms with Crippen molar-refractivity contribution in [1.29, 1.82) is 0 Å². The van der Waals surface area contributed by atoms with Crippen molar-refractivity contribution in [3.63, 3.8) is 0 Å². The number of hydrogen-bond donors (Lipinski definition) is 21. The lowest BCUT2D eigenvalue weighted by molar-refractivity contribution is -0.143. The molecule has 0 saturated carbocycles. The first-order chi connectivity index (χ1) is 54.6. The van der Waals surface area contributed by atoms with Gasteiger partial charge in [0.1, 0.15) is 78.5 Å². The number of carboxylic acid groups (broad SMARTS) is 1. The number of carbonyl (C=O) groups excluding carboxylic acids is 14. The Morgan fingerprint density at radius 1 is 0.430 bits per heavy atom. The third-order valence-electron chi connectivity index (χ3n) is 18.7. The number of likely N-dealkylation sites (tertiary alicyclic amines) is 2. The fourth-order valence-electron chi connectivity index (χ4n) is 12.5. The maximum atomic E-state index is 14.7. The molecule has 39 nitrogen and oxygen atoms in total. The molecule has 614 valence electrons. The number of nitrogens with one attached hydrogen (secondary N) is 13. The Balaban J connectivity index is 1.00. The van der Waals surface area contributed by atoms with Crippen LogP contribution in [0.15, 0.2) is 134 Å². The Morgan fingerprint density at radius 2 is 0.807 bits per heavy atom. The molecule has 14 atom stereocenters. The predicted molar refractivity (Wildman–Crippen MR) is 400 cm³/mol. The molecule has 2 saturated heterocycles. The van der Waals surface area contributed by atoms with Gasteiger partial charge in [-0.1, -0.05) is 121 Å². The van der Waals surface area contributed by atoms with Gasteiger partial charge in [0.15, 0.2) is 0 Å². The number of aliphatic hydroxyl groups excluding tert-OH is 6. The number of hydrogen-bond acceptors (Lipinski definition) is 23. The van der Waals surface area contributed by atoms with Crippen molar-refractivity contribution in [3.05, 3.63) is 162 Å². The minimum atomic E-state index is -1.99. The van der Waals surface area contributed by atoms with Crippen molar-refractivity contribution in [2.75, 3.05) is 59.2 Å². The number of aliphatic carboxylic acids is 1. The molecule has 2 aliphatic heterocycles. The number of H-pyrrole nitrogens is 1. The molecule has 5 aromatic rings. The number of benzene rings is 4. The number of nitrogens with zero attached hydrogens (tertiary/aromatic N) is 3. The zero-order valence-corrected chi connectivity index (χ0v) is 62.2. The largest absolute Gasteiger partial charge is 0.480 e. The molecule has 0 spiro atoms. The summed E-state index contributed by atoms with van der Waals surface area (Å²) in [6.45, 7) is -5.23. The zero-order chi connectivity index (χ0) is 83.0. The summed E-state index contributed by atoms with van der Waals surface area (Å²) in [5.74, 6) is -15.3. The van der Waals surface area contributed by atoms with Crippen LogP contribution in [0.4, 0.5) is 0 Å². The first kappa shape index (κ1) is 89.1. The highest BCUT2D eigenvalue weighted by Crippen LogP contribution is 2.22. The number of carboxylic acids is 1. The van der Waals surface area contributed by atoms with Crippen LogP contribution in [0.5, 0.6) is 0 Å². The monoisotopic (exact) mass is 1590 g/mol. The van der Waals surface area contributed by atoms with Crippen LogP contribution in [-0.2, 0) is 104 Å². The van der Waals surface area contributed by atoms with Gasteiger partial charge in [0.05, 0.1) is 58.6 Å². The molecular weight excluding hydrogens is 1490 g/mol. The van der Waals surface area contributed by atoms with Gasteiger partial charge >= 0.3 is 5.97 Å². The molecule has 0 aliphatic carbocycles. The second-order valence-corrected chi connectivity index (χ2v) is 27.1. The summed E-state index contributed by atoms with van der Waals surface area (Å²) < 4.78 is 0. The molecule has 22 N–H and O–H groups in total. The number of amides is 14. The van der Waals surface area contributed by atoms with Crippen LogP contribution in [0.3, 0.4) is 0 Å². The van der Waals surface area contributed by atoms with Crippen LogP contribution < -0.4 is 69.5 Å². The molecule has 0 bridgehead atoms. The van der Waals surface area contributed by atoms with E-state index in [9.17, 15) is 108 Å². The first-order valence-corrected chi connectivity index (χ1v) is 36.7. The maximum absolute atomic E-state index is 14.7. The Hall–Kier alpha value is -12.1. The van der Waals surface area contributed by atoms with E-state index < -0.39 is 219 Å². The number of imidazole rings is 1. The number of rotatable bonds is 43. The van der Waals surface area contributed by atoms with Gasteiger partial charge in [0.2, 0.25) is 82.7 Å². The number of carbonyl (C=O) groups is 15. The highest BCUT2D eigenvalue weighted by Gasteiger charge is 2.42. The van der Waals surface area contributed by atoms with Crippen LogP contribution in [0, 0.1) is 0 Å². The summed E-state index contributed by atoms with van der Waals surface area (Å²) in [5, 5.41) is 99.8. The van der Waals surface area contributed by atoms with Crippen LogP contribution >= 0.6 is 0 Å². The van der Waals surface area contributed by atoms with Crippen molar-refractivity contribution in [2.24, 2.45) is 5.73 Å². The van der Waals surface area contributed by atoms with E-state index in [1.807, 2.05) is 0 Å². The Morgan fingerprint density at radius 3 is 1.23 bits per heavy atom. The van der Waals surface area contributed by atoms with E-state index in [0.717, 1.165) is 11.8 Å². The highest BCUT2D eigenvalue weighted by molar-refractivity contribution is 6.00. The van der Waals surface area contributed by atoms with Gasteiger partial charge in [0.25, 0.3) is 0 Å². The molecule has 39 heteroatoms. The summed E-state index contributed by atoms with van der Waals surface area (Å²) in [6.07, 6.45) is 0.681. The lowest BCUT2D eigenvalue weighted by atomic mass is 10.0. The lowest BCUT2D eigenvalue weighted by Crippen LogP contribution is -2.63. The quantitative estimate of drug-likeness (QED) is 0.0172. The standard InChI is InChI=1S/C75H97N17O22/c1-42(98)62(90-67(105)51(30-45-20-10-4-11-21-45)82-64(102)49(28-43-16-6-2-7-17-43)83-72(110)59-25-14-26-91(59)61(100)35-79-63(101)48(76)36-93)73(111)84-50(29-44-18-8-3-9-19-44)65(103)86-55(38-95)69(107)88-56(39-96)70(108)87-54(37-94)68(106)85-53(31-46-22-12-5-13-23-46)74(112)92-27-15-24-58(92)71(109)78-34-60(99)81-52(32-47-33-77-41-80-47)66(104)89-57(40-97)75(113)114/h2-13,16-23,33,41-42,48-59,62,93-98H,14-15,24-32,34-40,76H2,1H3,(H,77,80)(H,78,109)(H,79,101)(H,81,99)(H,82,102)(H,83,110)(H,84,111)(H,85,106)(H,86,103)(H,87,108)(H,88,107)(H,89,104)(H,90,105)(H,113,114)/t42-,48+,49+,50+,51+,52+,53+,54+,55+,56+,57+,58+,59+,62+/m1/s1. The second kappa shape index (κ2) is 44.8. The van der Waals surface area contributed by atoms with E-state index >= 15 is 0 Å². The average Bonchev–Trinajstić information content (AvgIpc) is 1.63. The van der Waals surface area contributed by atoms with Gasteiger partial charge < -0.3 is 120 Å². The summed E-state index contributed by atoms with van der Waals surface area (Å²) in [6, 6.07) is 12.3. The SMILES string of the molecule is C[C@@H](O)[C@H](NC(=O)[C@H](Cc1ccccc1)NC(=O)[C@H](Cc1ccccc1)NC(=O)[C@@H]1CCCN1C(=O)CNC(=O)[C@@H](N)CO)C(=O)N[C@@H](Cc1ccccc1)C(=O)N[C@@H](CO)C(=O)N[C@@H](CO)C(=O)N[C@@H](CO)C(=O)N[C@@H](Cc1ccccc1)C(=O)N1CCC[C@H]1C(=O)NCC(=O)N[C@@H](Cc1cnc[nH]1)C(=O)N[C@@H](CO)C(=O)O. The Kier molecular flexibility index (Phi) is 35.0. The molecule has 3 heterocycles. The summed E-state index contributed by atoms with van der Waals surface area (Å²) in [7, 11) is 0. The third kappa shape index (κ3) is 26.8. The highest BCUT2D eigenvalue weighted by atomic mass is 16.4. The molecule has 0 radical (unpaired) electrons. The minimum absolute atomic E-state index is 0.0250. The molecular formula is C75H97N17O22. The average molecular weight is 1590 g/mol. The van der Waals surface area contributed by atoms with Gasteiger partial charge in [-0.25, -0.2) is 9.78 Å². The zero-order valence-electron chi connectivity index (χ0n) is 62.2. The third-order valence-corrected chi connectivity index (χ3v) is 18.7. The van der Waals surface area contributed by atoms with Gasteiger partial charge in [-0.05, 0) is 54.9 Å². The predicted octanol–water partition coefficient (Wildman–Crippen LogP) is -8.26. The Bertz CT molecular complexity index is 4100. The molecule has 7 rings (SSSR count). The van der Waals surface area contributed by atoms with E-state index in [-0.39, 0.29) is 64.5 Å². The van der Waals surface area contributed by atoms with Crippen LogP contribution in [0.25, 0.3) is 0 Å². The maximum Gasteiger partial charge on any atom is 0.328 e. The molecule has 0 unspecified atom stereocenters. The summed E-state index contributed by atoms with van der Waals surface area (Å²) >= 11 is 0. The van der Waals surface area contributed by atoms with E-state index in [2.05, 4.69) is 73.8 Å². The second-order valence-electron chi connectivity index (χ2n) is 27.1. The molecule has 114 heavy (non-hydrogen) atoms. The first-order valence-electron chi connectivity index (χ1n) is 36.7. The van der Waals surface area contributed by atoms with E-state index in [1.54, 1.807) is 121 Å². The fourth-order valence-corrected chi connectivity index (χ4v) is 12.5. The summed E-state index contributed by atoms with van der Waals surface area (Å²) in [4.78, 5) is 215. The van der Waals surface area contributed by atoms with E-state index in [1.165, 1.54) is 17.4 Å². The van der Waals surface area contributed by atoms with Crippen LogP contribution in [-0.4, -0.2) is 288 Å². The van der Waals surface area contributed by atoms with Crippen molar-refractivity contribution in [2.45, 2.75) is 149 Å². The van der Waals surface area contributed by atoms with Crippen LogP contribution in [0.1, 0.15) is 60.6 Å². The van der Waals surface area contributed by atoms with E-state index in [0.29, 0.717) is 34.4 Å². The number of aromatic nitrogens is 2. The molecule has 4 aromatic carbocycles. The minimum Gasteiger partial charge on any atom is -0.480 e.